The Morgan fingerprint density at radius 3 is 2.60 bits per heavy atom. The van der Waals surface area contributed by atoms with Crippen LogP contribution in [0.4, 0.5) is 4.79 Å². The van der Waals surface area contributed by atoms with Crippen molar-refractivity contribution < 1.29 is 33.2 Å². The van der Waals surface area contributed by atoms with E-state index in [4.69, 9.17) is 28.4 Å². The Kier molecular flexibility index (Phi) is 5.30. The fourth-order valence-electron chi connectivity index (χ4n) is 3.98. The van der Waals surface area contributed by atoms with E-state index in [0.29, 0.717) is 13.2 Å². The van der Waals surface area contributed by atoms with E-state index >= 15 is 0 Å². The zero-order chi connectivity index (χ0) is 20.5. The number of carbonyl (C=O) groups is 1. The Balaban J connectivity index is 1.29. The van der Waals surface area contributed by atoms with E-state index in [1.807, 2.05) is 54.6 Å². The van der Waals surface area contributed by atoms with Crippen LogP contribution >= 0.6 is 0 Å². The molecule has 1 N–H and O–H groups in total. The topological polar surface area (TPSA) is 84.5 Å². The Morgan fingerprint density at radius 1 is 1.03 bits per heavy atom. The van der Waals surface area contributed by atoms with E-state index in [9.17, 15) is 4.79 Å². The van der Waals surface area contributed by atoms with Crippen molar-refractivity contribution in [2.75, 3.05) is 13.7 Å². The van der Waals surface area contributed by atoms with Gasteiger partial charge in [-0.15, -0.1) is 0 Å². The molecule has 0 radical (unpaired) electrons. The zero-order valence-electron chi connectivity index (χ0n) is 16.4. The average Bonchev–Trinajstić information content (AvgIpc) is 3.20. The molecule has 3 aliphatic heterocycles. The minimum Gasteiger partial charge on any atom is -0.497 e. The van der Waals surface area contributed by atoms with Gasteiger partial charge in [-0.3, -0.25) is 0 Å². The summed E-state index contributed by atoms with van der Waals surface area (Å²) in [5.74, 6) is 0.751. The van der Waals surface area contributed by atoms with E-state index in [-0.39, 0.29) is 0 Å². The van der Waals surface area contributed by atoms with Crippen molar-refractivity contribution in [2.24, 2.45) is 0 Å². The van der Waals surface area contributed by atoms with Gasteiger partial charge < -0.3 is 33.7 Å². The monoisotopic (exact) mass is 413 g/mol. The van der Waals surface area contributed by atoms with Gasteiger partial charge in [0.05, 0.1) is 20.3 Å². The van der Waals surface area contributed by atoms with E-state index in [1.54, 1.807) is 7.11 Å². The standard InChI is InChI=1S/C22H23NO7/c1-25-15-9-7-14(8-10-15)20-27-12-16-18(29-20)19-17(23-22(24)30-19)21(28-16)26-11-13-5-3-2-4-6-13/h2-10,16-21H,11-12H2,1H3,(H,23,24)/t16-,17+,18-,19-,20?,21+/m1/s1. The quantitative estimate of drug-likeness (QED) is 0.806. The van der Waals surface area contributed by atoms with Gasteiger partial charge in [0.25, 0.3) is 0 Å². The predicted octanol–water partition coefficient (Wildman–Crippen LogP) is 2.53. The number of ether oxygens (including phenoxy) is 6. The maximum absolute atomic E-state index is 12.0. The Bertz CT molecular complexity index is 875. The highest BCUT2D eigenvalue weighted by atomic mass is 16.8. The molecule has 3 saturated heterocycles. The summed E-state index contributed by atoms with van der Waals surface area (Å²) in [6.07, 6.45) is -3.14. The van der Waals surface area contributed by atoms with Crippen LogP contribution in [0.5, 0.6) is 5.75 Å². The number of hydrogen-bond donors (Lipinski definition) is 1. The SMILES string of the molecule is COc1ccc(C2OC[C@H]3O[C@H](OCc4ccccc4)[C@H]4NC(=O)O[C@H]4[C@@H]3O2)cc1. The molecule has 0 aromatic heterocycles. The van der Waals surface area contributed by atoms with Crippen molar-refractivity contribution in [1.29, 1.82) is 0 Å². The highest BCUT2D eigenvalue weighted by Gasteiger charge is 2.55. The highest BCUT2D eigenvalue weighted by Crippen LogP contribution is 2.37. The van der Waals surface area contributed by atoms with Gasteiger partial charge in [0.15, 0.2) is 18.7 Å². The van der Waals surface area contributed by atoms with Gasteiger partial charge in [0, 0.05) is 5.56 Å². The smallest absolute Gasteiger partial charge is 0.408 e. The predicted molar refractivity (Wildman–Crippen MR) is 104 cm³/mol. The summed E-state index contributed by atoms with van der Waals surface area (Å²) in [6.45, 7) is 0.658. The van der Waals surface area contributed by atoms with Gasteiger partial charge in [0.1, 0.15) is 24.0 Å². The number of benzene rings is 2. The van der Waals surface area contributed by atoms with Crippen LogP contribution in [0.25, 0.3) is 0 Å². The molecule has 30 heavy (non-hydrogen) atoms. The fourth-order valence-corrected chi connectivity index (χ4v) is 3.98. The molecule has 1 amide bonds. The van der Waals surface area contributed by atoms with Crippen LogP contribution in [0.1, 0.15) is 17.4 Å². The largest absolute Gasteiger partial charge is 0.497 e. The summed E-state index contributed by atoms with van der Waals surface area (Å²) in [5.41, 5.74) is 1.87. The number of alkyl carbamates (subject to hydrolysis) is 1. The van der Waals surface area contributed by atoms with Crippen molar-refractivity contribution in [3.05, 3.63) is 65.7 Å². The Labute approximate surface area is 174 Å². The van der Waals surface area contributed by atoms with Crippen molar-refractivity contribution in [3.63, 3.8) is 0 Å². The molecule has 3 aliphatic rings. The maximum atomic E-state index is 12.0. The third kappa shape index (κ3) is 3.75. The van der Waals surface area contributed by atoms with Crippen LogP contribution in [-0.4, -0.2) is 50.5 Å². The summed E-state index contributed by atoms with van der Waals surface area (Å²) < 4.78 is 34.9. The average molecular weight is 413 g/mol. The number of amides is 1. The summed E-state index contributed by atoms with van der Waals surface area (Å²) >= 11 is 0. The molecule has 5 rings (SSSR count). The third-order valence-corrected chi connectivity index (χ3v) is 5.51. The first-order chi connectivity index (χ1) is 14.7. The molecule has 1 unspecified atom stereocenters. The summed E-state index contributed by atoms with van der Waals surface area (Å²) in [6, 6.07) is 16.8. The molecule has 8 nitrogen and oxygen atoms in total. The van der Waals surface area contributed by atoms with Crippen molar-refractivity contribution >= 4 is 6.09 Å². The molecule has 158 valence electrons. The zero-order valence-corrected chi connectivity index (χ0v) is 16.4. The van der Waals surface area contributed by atoms with Crippen LogP contribution in [0.3, 0.4) is 0 Å². The van der Waals surface area contributed by atoms with Gasteiger partial charge in [-0.1, -0.05) is 42.5 Å². The van der Waals surface area contributed by atoms with Gasteiger partial charge >= 0.3 is 6.09 Å². The van der Waals surface area contributed by atoms with E-state index in [2.05, 4.69) is 5.32 Å². The van der Waals surface area contributed by atoms with E-state index in [1.165, 1.54) is 0 Å². The van der Waals surface area contributed by atoms with Crippen molar-refractivity contribution in [1.82, 2.24) is 5.32 Å². The van der Waals surface area contributed by atoms with Crippen LogP contribution < -0.4 is 10.1 Å². The molecule has 0 bridgehead atoms. The number of fused-ring (bicyclic) bond motifs is 3. The number of hydrogen-bond acceptors (Lipinski definition) is 7. The molecule has 0 aliphatic carbocycles. The summed E-state index contributed by atoms with van der Waals surface area (Å²) in [4.78, 5) is 12.0. The lowest BCUT2D eigenvalue weighted by molar-refractivity contribution is -0.338. The van der Waals surface area contributed by atoms with Gasteiger partial charge in [0.2, 0.25) is 0 Å². The maximum Gasteiger partial charge on any atom is 0.408 e. The second-order valence-corrected chi connectivity index (χ2v) is 7.42. The first-order valence-electron chi connectivity index (χ1n) is 9.90. The number of carbonyl (C=O) groups excluding carboxylic acids is 1. The van der Waals surface area contributed by atoms with Crippen LogP contribution in [0.2, 0.25) is 0 Å². The molecule has 2 aromatic rings. The van der Waals surface area contributed by atoms with Crippen LogP contribution in [0, 0.1) is 0 Å². The molecule has 0 saturated carbocycles. The lowest BCUT2D eigenvalue weighted by Crippen LogP contribution is -2.63. The minimum absolute atomic E-state index is 0.299. The van der Waals surface area contributed by atoms with Gasteiger partial charge in [-0.05, 0) is 17.7 Å². The fraction of sp³-hybridized carbons (Fsp3) is 0.409. The molecule has 6 atom stereocenters. The number of methoxy groups -OCH3 is 1. The van der Waals surface area contributed by atoms with E-state index in [0.717, 1.165) is 16.9 Å². The third-order valence-electron chi connectivity index (χ3n) is 5.51. The molecule has 3 fully saturated rings. The van der Waals surface area contributed by atoms with Crippen molar-refractivity contribution in [2.45, 2.75) is 43.5 Å². The molecular formula is C22H23NO7. The van der Waals surface area contributed by atoms with E-state index < -0.39 is 43.0 Å². The lowest BCUT2D eigenvalue weighted by Gasteiger charge is -2.45. The van der Waals surface area contributed by atoms with Crippen LogP contribution in [0.15, 0.2) is 54.6 Å². The highest BCUT2D eigenvalue weighted by molar-refractivity contribution is 5.70. The molecule has 8 heteroatoms. The first kappa shape index (κ1) is 19.3. The Hall–Kier alpha value is -2.65. The molecule has 3 heterocycles. The normalized spacial score (nSPS) is 32.5. The second kappa shape index (κ2) is 8.23. The molecule has 2 aromatic carbocycles. The van der Waals surface area contributed by atoms with Gasteiger partial charge in [-0.25, -0.2) is 4.79 Å². The second-order valence-electron chi connectivity index (χ2n) is 7.42. The Morgan fingerprint density at radius 2 is 1.83 bits per heavy atom. The minimum atomic E-state index is -0.660. The van der Waals surface area contributed by atoms with Gasteiger partial charge in [-0.2, -0.15) is 0 Å². The van der Waals surface area contributed by atoms with Crippen LogP contribution in [-0.2, 0) is 30.3 Å². The number of rotatable bonds is 5. The molecular weight excluding hydrogens is 390 g/mol. The summed E-state index contributed by atoms with van der Waals surface area (Å²) in [5, 5.41) is 2.80. The lowest BCUT2D eigenvalue weighted by atomic mass is 9.96. The number of nitrogens with one attached hydrogen (secondary N) is 1. The first-order valence-corrected chi connectivity index (χ1v) is 9.90. The summed E-state index contributed by atoms with van der Waals surface area (Å²) in [7, 11) is 1.62. The molecule has 0 spiro atoms. The van der Waals surface area contributed by atoms with Crippen molar-refractivity contribution in [3.8, 4) is 5.75 Å².